The van der Waals surface area contributed by atoms with Gasteiger partial charge in [-0.1, -0.05) is 10.5 Å². The Morgan fingerprint density at radius 3 is 2.60 bits per heavy atom. The maximum absolute atomic E-state index is 9.58. The summed E-state index contributed by atoms with van der Waals surface area (Å²) < 4.78 is 12.0. The monoisotopic (exact) mass is 161 g/mol. The van der Waals surface area contributed by atoms with E-state index in [0.717, 1.165) is 13.1 Å². The van der Waals surface area contributed by atoms with Gasteiger partial charge in [-0.05, 0) is 0 Å². The Hall–Kier alpha value is -0.440. The predicted molar refractivity (Wildman–Crippen MR) is 41.6 cm³/mol. The van der Waals surface area contributed by atoms with Crippen LogP contribution in [-0.4, -0.2) is 29.1 Å². The Balaban J connectivity index is 2.42. The van der Waals surface area contributed by atoms with Crippen molar-refractivity contribution in [3.05, 3.63) is 0 Å². The van der Waals surface area contributed by atoms with Crippen molar-refractivity contribution in [2.45, 2.75) is 0 Å². The highest BCUT2D eigenvalue weighted by Crippen LogP contribution is 2.38. The van der Waals surface area contributed by atoms with Gasteiger partial charge in [-0.15, -0.1) is 0 Å². The van der Waals surface area contributed by atoms with Crippen LogP contribution in [0.3, 0.4) is 0 Å². The Kier molecular flexibility index (Phi) is 2.38. The molecule has 58 valence electrons. The molecular formula is C5H11N3OS. The van der Waals surface area contributed by atoms with Crippen LogP contribution in [0, 0.1) is 11.5 Å². The minimum absolute atomic E-state index is 0.681. The first-order chi connectivity index (χ1) is 4.77. The first kappa shape index (κ1) is 7.66. The van der Waals surface area contributed by atoms with Crippen molar-refractivity contribution in [3.8, 4) is 6.19 Å². The zero-order valence-corrected chi connectivity index (χ0v) is 6.45. The van der Waals surface area contributed by atoms with Gasteiger partial charge < -0.3 is 9.87 Å². The molecule has 0 saturated carbocycles. The molecule has 1 fully saturated rings. The second kappa shape index (κ2) is 3.10. The molecule has 0 aromatic carbocycles. The number of nitriles is 1. The van der Waals surface area contributed by atoms with Gasteiger partial charge in [-0.25, -0.2) is 0 Å². The topological polar surface area (TPSA) is 68.1 Å². The third-order valence-corrected chi connectivity index (χ3v) is 3.70. The van der Waals surface area contributed by atoms with Crippen LogP contribution in [0.1, 0.15) is 0 Å². The molecule has 0 radical (unpaired) electrons. The van der Waals surface area contributed by atoms with Gasteiger partial charge in [-0.3, -0.25) is 4.72 Å². The summed E-state index contributed by atoms with van der Waals surface area (Å²) in [6, 6.07) is 0. The molecule has 0 unspecified atom stereocenters. The predicted octanol–water partition coefficient (Wildman–Crippen LogP) is -0.147. The Labute approximate surface area is 61.9 Å². The van der Waals surface area contributed by atoms with Crippen LogP contribution in [-0.2, 0) is 0 Å². The van der Waals surface area contributed by atoms with Gasteiger partial charge in [0.15, 0.2) is 6.19 Å². The molecule has 0 aromatic heterocycles. The van der Waals surface area contributed by atoms with Crippen LogP contribution >= 0.6 is 10.5 Å². The molecule has 3 N–H and O–H groups in total. The Bertz CT molecular complexity index is 149. The van der Waals surface area contributed by atoms with Crippen molar-refractivity contribution in [1.82, 2.24) is 10.0 Å². The van der Waals surface area contributed by atoms with Gasteiger partial charge >= 0.3 is 0 Å². The highest BCUT2D eigenvalue weighted by Gasteiger charge is 2.22. The third kappa shape index (κ3) is 1.77. The lowest BCUT2D eigenvalue weighted by Crippen LogP contribution is -2.38. The number of rotatable bonds is 1. The maximum atomic E-state index is 9.58. The van der Waals surface area contributed by atoms with Gasteiger partial charge in [0.1, 0.15) is 0 Å². The van der Waals surface area contributed by atoms with E-state index in [4.69, 9.17) is 5.26 Å². The van der Waals surface area contributed by atoms with E-state index in [1.54, 1.807) is 6.19 Å². The van der Waals surface area contributed by atoms with E-state index in [1.165, 1.54) is 0 Å². The Morgan fingerprint density at radius 2 is 2.10 bits per heavy atom. The molecule has 1 saturated heterocycles. The van der Waals surface area contributed by atoms with Gasteiger partial charge in [-0.2, -0.15) is 5.26 Å². The van der Waals surface area contributed by atoms with Crippen LogP contribution in [0.5, 0.6) is 0 Å². The lowest BCUT2D eigenvalue weighted by atomic mass is 10.6. The second-order valence-electron chi connectivity index (χ2n) is 2.21. The molecule has 10 heavy (non-hydrogen) atoms. The fraction of sp³-hybridized carbons (Fsp3) is 0.800. The lowest BCUT2D eigenvalue weighted by Gasteiger charge is -2.35. The van der Waals surface area contributed by atoms with Gasteiger partial charge in [0.25, 0.3) is 0 Å². The third-order valence-electron chi connectivity index (χ3n) is 1.47. The van der Waals surface area contributed by atoms with Crippen LogP contribution in [0.25, 0.3) is 0 Å². The molecule has 1 aliphatic rings. The summed E-state index contributed by atoms with van der Waals surface area (Å²) in [6.07, 6.45) is 1.79. The first-order valence-corrected chi connectivity index (χ1v) is 5.07. The van der Waals surface area contributed by atoms with Crippen molar-refractivity contribution in [2.75, 3.05) is 24.6 Å². The minimum Gasteiger partial charge on any atom is -0.333 e. The number of nitrogens with one attached hydrogen (secondary N) is 2. The van der Waals surface area contributed by atoms with Crippen LogP contribution < -0.4 is 10.0 Å². The van der Waals surface area contributed by atoms with E-state index < -0.39 is 10.5 Å². The molecule has 1 heterocycles. The lowest BCUT2D eigenvalue weighted by molar-refractivity contribution is 0.592. The summed E-state index contributed by atoms with van der Waals surface area (Å²) in [7, 11) is -1.76. The molecule has 0 spiro atoms. The van der Waals surface area contributed by atoms with E-state index in [1.807, 2.05) is 0 Å². The number of hydrogen-bond donors (Lipinski definition) is 3. The molecule has 1 aliphatic heterocycles. The van der Waals surface area contributed by atoms with E-state index in [2.05, 4.69) is 10.0 Å². The van der Waals surface area contributed by atoms with Gasteiger partial charge in [0.05, 0.1) is 0 Å². The summed E-state index contributed by atoms with van der Waals surface area (Å²) in [6.45, 7) is 1.61. The summed E-state index contributed by atoms with van der Waals surface area (Å²) in [4.78, 5) is 0. The number of nitrogens with zero attached hydrogens (tertiary/aromatic N) is 1. The van der Waals surface area contributed by atoms with E-state index in [9.17, 15) is 4.55 Å². The highest BCUT2D eigenvalue weighted by atomic mass is 32.3. The second-order valence-corrected chi connectivity index (χ2v) is 4.92. The highest BCUT2D eigenvalue weighted by molar-refractivity contribution is 8.27. The quantitative estimate of drug-likeness (QED) is 0.369. The van der Waals surface area contributed by atoms with Crippen molar-refractivity contribution >= 4 is 10.5 Å². The minimum atomic E-state index is -1.76. The molecule has 0 aromatic rings. The molecule has 0 aliphatic carbocycles. The fourth-order valence-corrected chi connectivity index (χ4v) is 2.44. The summed E-state index contributed by atoms with van der Waals surface area (Å²) in [5.41, 5.74) is 0. The molecule has 5 heteroatoms. The van der Waals surface area contributed by atoms with Crippen molar-refractivity contribution in [3.63, 3.8) is 0 Å². The fourth-order valence-electron chi connectivity index (χ4n) is 0.896. The van der Waals surface area contributed by atoms with Crippen molar-refractivity contribution in [2.24, 2.45) is 0 Å². The molecule has 0 atom stereocenters. The van der Waals surface area contributed by atoms with Gasteiger partial charge in [0, 0.05) is 24.6 Å². The molecule has 0 bridgehead atoms. The normalized spacial score (nSPS) is 26.4. The standard InChI is InChI=1S/C5H11N3OS/c6-5-8-10(9)3-1-7-2-4-10/h7-9H,1-4H2. The van der Waals surface area contributed by atoms with Crippen LogP contribution in [0.2, 0.25) is 0 Å². The van der Waals surface area contributed by atoms with Gasteiger partial charge in [0.2, 0.25) is 0 Å². The van der Waals surface area contributed by atoms with Crippen LogP contribution in [0.4, 0.5) is 0 Å². The molecule has 4 nitrogen and oxygen atoms in total. The molecule has 1 rings (SSSR count). The van der Waals surface area contributed by atoms with E-state index in [-0.39, 0.29) is 0 Å². The van der Waals surface area contributed by atoms with E-state index in [0.29, 0.717) is 11.5 Å². The summed E-state index contributed by atoms with van der Waals surface area (Å²) in [5.74, 6) is 1.36. The maximum Gasteiger partial charge on any atom is 0.187 e. The largest absolute Gasteiger partial charge is 0.333 e. The van der Waals surface area contributed by atoms with E-state index >= 15 is 0 Å². The summed E-state index contributed by atoms with van der Waals surface area (Å²) >= 11 is 0. The molecular weight excluding hydrogens is 150 g/mol. The first-order valence-electron chi connectivity index (χ1n) is 3.14. The average Bonchev–Trinajstić information content (AvgIpc) is 1.89. The average molecular weight is 161 g/mol. The SMILES string of the molecule is N#CNS1(O)CCNCC1. The zero-order valence-electron chi connectivity index (χ0n) is 5.63. The van der Waals surface area contributed by atoms with Crippen molar-refractivity contribution < 1.29 is 4.55 Å². The number of hydrogen-bond acceptors (Lipinski definition) is 4. The van der Waals surface area contributed by atoms with Crippen LogP contribution in [0.15, 0.2) is 0 Å². The molecule has 0 amide bonds. The zero-order chi connectivity index (χ0) is 7.45. The van der Waals surface area contributed by atoms with Crippen molar-refractivity contribution in [1.29, 1.82) is 5.26 Å². The Morgan fingerprint density at radius 1 is 1.50 bits per heavy atom. The summed E-state index contributed by atoms with van der Waals surface area (Å²) in [5, 5.41) is 11.4. The smallest absolute Gasteiger partial charge is 0.187 e.